The van der Waals surface area contributed by atoms with Gasteiger partial charge >= 0.3 is 0 Å². The van der Waals surface area contributed by atoms with Crippen LogP contribution in [0.3, 0.4) is 0 Å². The Kier molecular flexibility index (Phi) is 6.52. The van der Waals surface area contributed by atoms with Gasteiger partial charge < -0.3 is 10.2 Å². The highest BCUT2D eigenvalue weighted by Gasteiger charge is 2.22. The van der Waals surface area contributed by atoms with E-state index in [-0.39, 0.29) is 5.91 Å². The molecule has 100 valence electrons. The molecule has 1 amide bonds. The van der Waals surface area contributed by atoms with Gasteiger partial charge in [-0.25, -0.2) is 0 Å². The Morgan fingerprint density at radius 1 is 1.35 bits per heavy atom. The van der Waals surface area contributed by atoms with E-state index in [1.54, 1.807) is 0 Å². The molecule has 0 saturated carbocycles. The second-order valence-corrected chi connectivity index (χ2v) is 4.70. The maximum atomic E-state index is 12.0. The zero-order valence-corrected chi connectivity index (χ0v) is 11.5. The number of likely N-dealkylation sites (N-methyl/N-ethyl adjacent to an activating group) is 2. The maximum absolute atomic E-state index is 12.0. The molecule has 0 aromatic rings. The molecule has 1 aliphatic rings. The van der Waals surface area contributed by atoms with Crippen LogP contribution in [-0.4, -0.2) is 61.0 Å². The summed E-state index contributed by atoms with van der Waals surface area (Å²) < 4.78 is 0. The van der Waals surface area contributed by atoms with Crippen LogP contribution in [0, 0.1) is 0 Å². The normalized spacial score (nSPS) is 21.5. The summed E-state index contributed by atoms with van der Waals surface area (Å²) >= 11 is 0. The largest absolute Gasteiger partial charge is 0.342 e. The number of nitrogens with one attached hydrogen (secondary N) is 1. The van der Waals surface area contributed by atoms with Crippen LogP contribution in [-0.2, 0) is 4.79 Å². The molecule has 0 spiro atoms. The summed E-state index contributed by atoms with van der Waals surface area (Å²) in [5.74, 6) is 0.271. The number of hydrogen-bond acceptors (Lipinski definition) is 3. The molecule has 1 rings (SSSR count). The third kappa shape index (κ3) is 4.64. The van der Waals surface area contributed by atoms with Crippen molar-refractivity contribution in [2.75, 3.05) is 39.3 Å². The number of hydrogen-bond donors (Lipinski definition) is 1. The van der Waals surface area contributed by atoms with Crippen LogP contribution in [0.15, 0.2) is 0 Å². The van der Waals surface area contributed by atoms with E-state index in [1.807, 2.05) is 18.7 Å². The average Bonchev–Trinajstić information content (AvgIpc) is 2.31. The van der Waals surface area contributed by atoms with Crippen LogP contribution in [0.5, 0.6) is 0 Å². The lowest BCUT2D eigenvalue weighted by molar-refractivity contribution is -0.132. The third-order valence-corrected chi connectivity index (χ3v) is 3.47. The van der Waals surface area contributed by atoms with Crippen molar-refractivity contribution in [3.8, 4) is 0 Å². The minimum atomic E-state index is 0.271. The maximum Gasteiger partial charge on any atom is 0.236 e. The summed E-state index contributed by atoms with van der Waals surface area (Å²) in [6, 6.07) is 0.568. The Balaban J connectivity index is 2.37. The van der Waals surface area contributed by atoms with Crippen LogP contribution in [0.4, 0.5) is 0 Å². The van der Waals surface area contributed by atoms with Gasteiger partial charge in [-0.15, -0.1) is 0 Å². The Hall–Kier alpha value is -0.610. The molecule has 0 aromatic carbocycles. The van der Waals surface area contributed by atoms with Gasteiger partial charge in [-0.1, -0.05) is 6.92 Å². The van der Waals surface area contributed by atoms with Crippen molar-refractivity contribution in [3.63, 3.8) is 0 Å². The van der Waals surface area contributed by atoms with E-state index in [9.17, 15) is 4.79 Å². The predicted molar refractivity (Wildman–Crippen MR) is 71.1 cm³/mol. The lowest BCUT2D eigenvalue weighted by Crippen LogP contribution is -2.49. The first kappa shape index (κ1) is 14.5. The Morgan fingerprint density at radius 3 is 2.65 bits per heavy atom. The number of nitrogens with zero attached hydrogens (tertiary/aromatic N) is 2. The van der Waals surface area contributed by atoms with E-state index in [1.165, 1.54) is 12.8 Å². The number of amides is 1. The molecule has 1 unspecified atom stereocenters. The summed E-state index contributed by atoms with van der Waals surface area (Å²) in [4.78, 5) is 16.2. The van der Waals surface area contributed by atoms with Crippen molar-refractivity contribution in [3.05, 3.63) is 0 Å². The highest BCUT2D eigenvalue weighted by Crippen LogP contribution is 2.10. The van der Waals surface area contributed by atoms with Gasteiger partial charge in [-0.3, -0.25) is 9.69 Å². The molecule has 17 heavy (non-hydrogen) atoms. The standard InChI is InChI=1S/C13H27N3O/c1-4-14-12-8-7-9-15(10-12)11-13(17)16(5-2)6-3/h12,14H,4-11H2,1-3H3. The Bertz CT molecular complexity index is 227. The minimum Gasteiger partial charge on any atom is -0.342 e. The molecule has 0 aromatic heterocycles. The van der Waals surface area contributed by atoms with Gasteiger partial charge in [0, 0.05) is 25.7 Å². The van der Waals surface area contributed by atoms with E-state index < -0.39 is 0 Å². The molecule has 0 radical (unpaired) electrons. The van der Waals surface area contributed by atoms with Gasteiger partial charge in [0.25, 0.3) is 0 Å². The van der Waals surface area contributed by atoms with E-state index in [2.05, 4.69) is 17.1 Å². The number of carbonyl (C=O) groups excluding carboxylic acids is 1. The zero-order chi connectivity index (χ0) is 12.7. The van der Waals surface area contributed by atoms with Crippen molar-refractivity contribution in [1.29, 1.82) is 0 Å². The van der Waals surface area contributed by atoms with Gasteiger partial charge in [0.15, 0.2) is 0 Å². The van der Waals surface area contributed by atoms with E-state index in [4.69, 9.17) is 0 Å². The van der Waals surface area contributed by atoms with Crippen LogP contribution in [0.1, 0.15) is 33.6 Å². The average molecular weight is 241 g/mol. The molecule has 1 saturated heterocycles. The topological polar surface area (TPSA) is 35.6 Å². The molecule has 1 atom stereocenters. The number of rotatable bonds is 6. The van der Waals surface area contributed by atoms with Crippen molar-refractivity contribution >= 4 is 5.91 Å². The van der Waals surface area contributed by atoms with Crippen LogP contribution in [0.25, 0.3) is 0 Å². The van der Waals surface area contributed by atoms with E-state index >= 15 is 0 Å². The Labute approximate surface area is 105 Å². The number of carbonyl (C=O) groups is 1. The molecular formula is C13H27N3O. The van der Waals surface area contributed by atoms with E-state index in [0.29, 0.717) is 12.6 Å². The Morgan fingerprint density at radius 2 is 2.06 bits per heavy atom. The molecule has 4 heteroatoms. The summed E-state index contributed by atoms with van der Waals surface area (Å²) in [6.07, 6.45) is 2.44. The molecule has 0 bridgehead atoms. The second kappa shape index (κ2) is 7.67. The fraction of sp³-hybridized carbons (Fsp3) is 0.923. The fourth-order valence-electron chi connectivity index (χ4n) is 2.52. The number of piperidine rings is 1. The molecule has 4 nitrogen and oxygen atoms in total. The first-order valence-corrected chi connectivity index (χ1v) is 6.94. The van der Waals surface area contributed by atoms with Crippen molar-refractivity contribution < 1.29 is 4.79 Å². The predicted octanol–water partition coefficient (Wildman–Crippen LogP) is 0.929. The van der Waals surface area contributed by atoms with Crippen LogP contribution in [0.2, 0.25) is 0 Å². The molecule has 0 aliphatic carbocycles. The highest BCUT2D eigenvalue weighted by atomic mass is 16.2. The van der Waals surface area contributed by atoms with Gasteiger partial charge in [-0.05, 0) is 39.8 Å². The first-order chi connectivity index (χ1) is 8.21. The lowest BCUT2D eigenvalue weighted by atomic mass is 10.1. The first-order valence-electron chi connectivity index (χ1n) is 6.94. The summed E-state index contributed by atoms with van der Waals surface area (Å²) in [5, 5.41) is 3.48. The minimum absolute atomic E-state index is 0.271. The van der Waals surface area contributed by atoms with Gasteiger partial charge in [0.05, 0.1) is 6.54 Å². The SMILES string of the molecule is CCNC1CCCN(CC(=O)N(CC)CC)C1. The van der Waals surface area contributed by atoms with E-state index in [0.717, 1.165) is 32.7 Å². The van der Waals surface area contributed by atoms with Gasteiger partial charge in [-0.2, -0.15) is 0 Å². The number of likely N-dealkylation sites (tertiary alicyclic amines) is 1. The molecule has 1 heterocycles. The van der Waals surface area contributed by atoms with Crippen molar-refractivity contribution in [2.45, 2.75) is 39.7 Å². The molecular weight excluding hydrogens is 214 g/mol. The lowest BCUT2D eigenvalue weighted by Gasteiger charge is -2.33. The summed E-state index contributed by atoms with van der Waals surface area (Å²) in [7, 11) is 0. The van der Waals surface area contributed by atoms with Crippen LogP contribution < -0.4 is 5.32 Å². The van der Waals surface area contributed by atoms with Crippen molar-refractivity contribution in [2.24, 2.45) is 0 Å². The quantitative estimate of drug-likeness (QED) is 0.751. The van der Waals surface area contributed by atoms with Gasteiger partial charge in [0.2, 0.25) is 5.91 Å². The molecule has 1 N–H and O–H groups in total. The molecule has 1 aliphatic heterocycles. The molecule has 1 fully saturated rings. The summed E-state index contributed by atoms with van der Waals surface area (Å²) in [6.45, 7) is 11.5. The van der Waals surface area contributed by atoms with Gasteiger partial charge in [0.1, 0.15) is 0 Å². The smallest absolute Gasteiger partial charge is 0.236 e. The fourth-order valence-corrected chi connectivity index (χ4v) is 2.52. The third-order valence-electron chi connectivity index (χ3n) is 3.47. The zero-order valence-electron chi connectivity index (χ0n) is 11.5. The second-order valence-electron chi connectivity index (χ2n) is 4.70. The van der Waals surface area contributed by atoms with Crippen molar-refractivity contribution in [1.82, 2.24) is 15.1 Å². The van der Waals surface area contributed by atoms with Crippen LogP contribution >= 0.6 is 0 Å². The highest BCUT2D eigenvalue weighted by molar-refractivity contribution is 5.78. The summed E-state index contributed by atoms with van der Waals surface area (Å²) in [5.41, 5.74) is 0. The monoisotopic (exact) mass is 241 g/mol.